The minimum atomic E-state index is 0.0418. The van der Waals surface area contributed by atoms with Crippen molar-refractivity contribution in [3.63, 3.8) is 0 Å². The number of benzene rings is 1. The quantitative estimate of drug-likeness (QED) is 0.916. The van der Waals surface area contributed by atoms with Gasteiger partial charge in [-0.25, -0.2) is 4.98 Å². The molecule has 1 aliphatic carbocycles. The highest BCUT2D eigenvalue weighted by Crippen LogP contribution is 2.22. The van der Waals surface area contributed by atoms with Crippen LogP contribution in [0.4, 0.5) is 0 Å². The standard InChI is InChI=1S/C16H21N3/c1-12-5-4-6-13(9-12)14(17)10-19-11-18-15-7-2-3-8-16(15)19/h4-6,9,11,14H,2-3,7-8,10,17H2,1H3. The van der Waals surface area contributed by atoms with E-state index in [0.29, 0.717) is 0 Å². The number of aromatic nitrogens is 2. The average Bonchev–Trinajstić information content (AvgIpc) is 2.82. The van der Waals surface area contributed by atoms with Crippen LogP contribution in [0.5, 0.6) is 0 Å². The first-order valence-electron chi connectivity index (χ1n) is 7.09. The van der Waals surface area contributed by atoms with Crippen molar-refractivity contribution in [3.05, 3.63) is 53.1 Å². The number of nitrogens with two attached hydrogens (primary N) is 1. The number of rotatable bonds is 3. The summed E-state index contributed by atoms with van der Waals surface area (Å²) in [5.74, 6) is 0. The molecule has 3 nitrogen and oxygen atoms in total. The van der Waals surface area contributed by atoms with E-state index in [9.17, 15) is 0 Å². The first-order chi connectivity index (χ1) is 9.24. The molecule has 0 bridgehead atoms. The van der Waals surface area contributed by atoms with Crippen molar-refractivity contribution in [2.45, 2.75) is 45.2 Å². The number of hydrogen-bond donors (Lipinski definition) is 1. The van der Waals surface area contributed by atoms with E-state index in [1.807, 2.05) is 6.33 Å². The lowest BCUT2D eigenvalue weighted by Gasteiger charge is -2.18. The number of imidazole rings is 1. The zero-order chi connectivity index (χ0) is 13.2. The van der Waals surface area contributed by atoms with Crippen molar-refractivity contribution in [1.82, 2.24) is 9.55 Å². The van der Waals surface area contributed by atoms with Gasteiger partial charge < -0.3 is 10.3 Å². The van der Waals surface area contributed by atoms with E-state index < -0.39 is 0 Å². The maximum Gasteiger partial charge on any atom is 0.0952 e. The molecule has 1 unspecified atom stereocenters. The molecule has 3 rings (SSSR count). The van der Waals surface area contributed by atoms with Crippen molar-refractivity contribution in [2.75, 3.05) is 0 Å². The highest BCUT2D eigenvalue weighted by molar-refractivity contribution is 5.25. The van der Waals surface area contributed by atoms with Gasteiger partial charge in [-0.2, -0.15) is 0 Å². The van der Waals surface area contributed by atoms with Crippen LogP contribution < -0.4 is 5.73 Å². The molecule has 1 aromatic carbocycles. The van der Waals surface area contributed by atoms with Gasteiger partial charge in [0.2, 0.25) is 0 Å². The summed E-state index contributed by atoms with van der Waals surface area (Å²) in [5, 5.41) is 0. The third kappa shape index (κ3) is 2.56. The van der Waals surface area contributed by atoms with Crippen LogP contribution in [0.25, 0.3) is 0 Å². The minimum absolute atomic E-state index is 0.0418. The molecular weight excluding hydrogens is 234 g/mol. The first kappa shape index (κ1) is 12.4. The second kappa shape index (κ2) is 5.17. The van der Waals surface area contributed by atoms with Crippen LogP contribution in [0, 0.1) is 6.92 Å². The van der Waals surface area contributed by atoms with Crippen LogP contribution in [0.3, 0.4) is 0 Å². The van der Waals surface area contributed by atoms with Gasteiger partial charge in [0.1, 0.15) is 0 Å². The fraction of sp³-hybridized carbons (Fsp3) is 0.438. The molecule has 2 N–H and O–H groups in total. The lowest BCUT2D eigenvalue weighted by atomic mass is 10.0. The fourth-order valence-electron chi connectivity index (χ4n) is 2.91. The van der Waals surface area contributed by atoms with E-state index >= 15 is 0 Å². The van der Waals surface area contributed by atoms with E-state index in [4.69, 9.17) is 5.73 Å². The first-order valence-corrected chi connectivity index (χ1v) is 7.09. The van der Waals surface area contributed by atoms with Gasteiger partial charge >= 0.3 is 0 Å². The van der Waals surface area contributed by atoms with Crippen molar-refractivity contribution in [3.8, 4) is 0 Å². The van der Waals surface area contributed by atoms with E-state index in [-0.39, 0.29) is 6.04 Å². The molecule has 1 atom stereocenters. The molecule has 0 spiro atoms. The highest BCUT2D eigenvalue weighted by atomic mass is 15.1. The Morgan fingerprint density at radius 3 is 3.00 bits per heavy atom. The number of aryl methyl sites for hydroxylation is 2. The van der Waals surface area contributed by atoms with Gasteiger partial charge in [0.15, 0.2) is 0 Å². The molecular formula is C16H21N3. The monoisotopic (exact) mass is 255 g/mol. The third-order valence-electron chi connectivity index (χ3n) is 3.97. The summed E-state index contributed by atoms with van der Waals surface area (Å²) in [6.07, 6.45) is 6.79. The van der Waals surface area contributed by atoms with Crippen molar-refractivity contribution in [1.29, 1.82) is 0 Å². The number of hydrogen-bond acceptors (Lipinski definition) is 2. The van der Waals surface area contributed by atoms with Gasteiger partial charge in [-0.1, -0.05) is 29.8 Å². The molecule has 1 heterocycles. The van der Waals surface area contributed by atoms with E-state index in [1.54, 1.807) is 0 Å². The average molecular weight is 255 g/mol. The largest absolute Gasteiger partial charge is 0.332 e. The second-order valence-electron chi connectivity index (χ2n) is 5.52. The van der Waals surface area contributed by atoms with Crippen LogP contribution in [-0.4, -0.2) is 9.55 Å². The topological polar surface area (TPSA) is 43.8 Å². The van der Waals surface area contributed by atoms with Gasteiger partial charge in [-0.15, -0.1) is 0 Å². The number of nitrogens with zero attached hydrogens (tertiary/aromatic N) is 2. The Labute approximate surface area is 114 Å². The Morgan fingerprint density at radius 2 is 2.16 bits per heavy atom. The third-order valence-corrected chi connectivity index (χ3v) is 3.97. The van der Waals surface area contributed by atoms with Gasteiger partial charge in [0.25, 0.3) is 0 Å². The Kier molecular flexibility index (Phi) is 3.38. The molecule has 100 valence electrons. The Hall–Kier alpha value is -1.61. The fourth-order valence-corrected chi connectivity index (χ4v) is 2.91. The van der Waals surface area contributed by atoms with Crippen molar-refractivity contribution < 1.29 is 0 Å². The predicted octanol–water partition coefficient (Wildman–Crippen LogP) is 2.77. The van der Waals surface area contributed by atoms with E-state index in [0.717, 1.165) is 19.4 Å². The molecule has 0 radical (unpaired) electrons. The Bertz CT molecular complexity index is 571. The van der Waals surface area contributed by atoms with E-state index in [2.05, 4.69) is 40.7 Å². The van der Waals surface area contributed by atoms with Crippen LogP contribution in [-0.2, 0) is 19.4 Å². The van der Waals surface area contributed by atoms with Gasteiger partial charge in [0, 0.05) is 18.3 Å². The molecule has 0 saturated carbocycles. The second-order valence-corrected chi connectivity index (χ2v) is 5.52. The maximum atomic E-state index is 6.34. The Balaban J connectivity index is 1.79. The maximum absolute atomic E-state index is 6.34. The van der Waals surface area contributed by atoms with Crippen LogP contribution in [0.1, 0.15) is 41.4 Å². The van der Waals surface area contributed by atoms with Gasteiger partial charge in [-0.05, 0) is 38.2 Å². The van der Waals surface area contributed by atoms with Crippen molar-refractivity contribution >= 4 is 0 Å². The molecule has 3 heteroatoms. The van der Waals surface area contributed by atoms with Crippen LogP contribution >= 0.6 is 0 Å². The van der Waals surface area contributed by atoms with Crippen molar-refractivity contribution in [2.24, 2.45) is 5.73 Å². The summed E-state index contributed by atoms with van der Waals surface area (Å²) in [6, 6.07) is 8.51. The highest BCUT2D eigenvalue weighted by Gasteiger charge is 2.17. The summed E-state index contributed by atoms with van der Waals surface area (Å²) in [4.78, 5) is 4.53. The minimum Gasteiger partial charge on any atom is -0.332 e. The normalized spacial score (nSPS) is 16.1. The lowest BCUT2D eigenvalue weighted by molar-refractivity contribution is 0.541. The van der Waals surface area contributed by atoms with Crippen LogP contribution in [0.2, 0.25) is 0 Å². The summed E-state index contributed by atoms with van der Waals surface area (Å²) in [5.41, 5.74) is 11.5. The van der Waals surface area contributed by atoms with E-state index in [1.165, 1.54) is 35.4 Å². The molecule has 0 saturated heterocycles. The summed E-state index contributed by atoms with van der Waals surface area (Å²) in [6.45, 7) is 2.93. The van der Waals surface area contributed by atoms with Crippen LogP contribution in [0.15, 0.2) is 30.6 Å². The molecule has 19 heavy (non-hydrogen) atoms. The smallest absolute Gasteiger partial charge is 0.0952 e. The summed E-state index contributed by atoms with van der Waals surface area (Å²) < 4.78 is 2.25. The molecule has 1 aliphatic rings. The molecule has 2 aromatic rings. The van der Waals surface area contributed by atoms with Gasteiger partial charge in [-0.3, -0.25) is 0 Å². The molecule has 0 aliphatic heterocycles. The SMILES string of the molecule is Cc1cccc(C(N)Cn2cnc3c2CCCC3)c1. The zero-order valence-corrected chi connectivity index (χ0v) is 11.5. The summed E-state index contributed by atoms with van der Waals surface area (Å²) >= 11 is 0. The number of fused-ring (bicyclic) bond motifs is 1. The van der Waals surface area contributed by atoms with Gasteiger partial charge in [0.05, 0.1) is 12.0 Å². The summed E-state index contributed by atoms with van der Waals surface area (Å²) in [7, 11) is 0. The molecule has 1 aromatic heterocycles. The molecule has 0 amide bonds. The zero-order valence-electron chi connectivity index (χ0n) is 11.5. The Morgan fingerprint density at radius 1 is 1.32 bits per heavy atom. The molecule has 0 fully saturated rings. The predicted molar refractivity (Wildman–Crippen MR) is 77.0 cm³/mol. The lowest BCUT2D eigenvalue weighted by Crippen LogP contribution is -2.19.